The van der Waals surface area contributed by atoms with Crippen molar-refractivity contribution < 1.29 is 64.6 Å². The van der Waals surface area contributed by atoms with Gasteiger partial charge in [-0.05, 0) is 38.5 Å². The summed E-state index contributed by atoms with van der Waals surface area (Å²) >= 11 is 0. The molecule has 12 atom stereocenters. The molecule has 2 aliphatic rings. The maximum absolute atomic E-state index is 13.0. The standard InChI is InChI=1S/C48H91NO13/c1-3-5-7-8-9-10-11-12-13-14-15-16-17-18-19-20-21-22-23-24-25-26-27-28-30-32-40(53)49-36(37(52)31-29-6-4-2)35-59-47-45(58)43(56)46(39(34-51)61-47)62-48-44(57)42(55)41(54)38(33-50)60-48/h14-15,36-39,41-48,50-52,54-58H,3-13,16-35H2,1-2H3,(H,49,53)/b15-14-. The van der Waals surface area contributed by atoms with Crippen molar-refractivity contribution in [1.29, 1.82) is 0 Å². The monoisotopic (exact) mass is 890 g/mol. The van der Waals surface area contributed by atoms with Crippen molar-refractivity contribution in [2.24, 2.45) is 0 Å². The number of nitrogens with one attached hydrogen (secondary N) is 1. The van der Waals surface area contributed by atoms with E-state index in [1.165, 1.54) is 122 Å². The van der Waals surface area contributed by atoms with E-state index in [0.29, 0.717) is 12.8 Å². The van der Waals surface area contributed by atoms with Crippen LogP contribution in [-0.2, 0) is 23.7 Å². The Morgan fingerprint density at radius 1 is 0.565 bits per heavy atom. The Balaban J connectivity index is 1.60. The maximum Gasteiger partial charge on any atom is 0.220 e. The smallest absolute Gasteiger partial charge is 0.220 e. The third-order valence-corrected chi connectivity index (χ3v) is 12.5. The van der Waals surface area contributed by atoms with E-state index in [4.69, 9.17) is 18.9 Å². The van der Waals surface area contributed by atoms with E-state index < -0.39 is 86.8 Å². The minimum Gasteiger partial charge on any atom is -0.394 e. The molecule has 0 radical (unpaired) electrons. The largest absolute Gasteiger partial charge is 0.394 e. The van der Waals surface area contributed by atoms with Gasteiger partial charge in [-0.15, -0.1) is 0 Å². The third kappa shape index (κ3) is 23.3. The summed E-state index contributed by atoms with van der Waals surface area (Å²) in [4.78, 5) is 13.0. The summed E-state index contributed by atoms with van der Waals surface area (Å²) in [5.41, 5.74) is 0. The minimum absolute atomic E-state index is 0.218. The fourth-order valence-corrected chi connectivity index (χ4v) is 8.35. The highest BCUT2D eigenvalue weighted by molar-refractivity contribution is 5.76. The van der Waals surface area contributed by atoms with E-state index in [9.17, 15) is 45.6 Å². The van der Waals surface area contributed by atoms with Crippen molar-refractivity contribution in [3.8, 4) is 0 Å². The molecule has 2 fully saturated rings. The first kappa shape index (κ1) is 56.9. The van der Waals surface area contributed by atoms with E-state index in [2.05, 4.69) is 31.3 Å². The molecule has 0 aromatic carbocycles. The summed E-state index contributed by atoms with van der Waals surface area (Å²) in [7, 11) is 0. The summed E-state index contributed by atoms with van der Waals surface area (Å²) in [6, 6.07) is -0.820. The summed E-state index contributed by atoms with van der Waals surface area (Å²) in [5, 5.41) is 86.0. The summed E-state index contributed by atoms with van der Waals surface area (Å²) in [6.07, 6.45) is 20.6. The molecule has 0 aromatic heterocycles. The number of carbonyl (C=O) groups is 1. The van der Waals surface area contributed by atoms with Crippen molar-refractivity contribution in [1.82, 2.24) is 5.32 Å². The molecule has 366 valence electrons. The highest BCUT2D eigenvalue weighted by Crippen LogP contribution is 2.30. The van der Waals surface area contributed by atoms with Gasteiger partial charge in [0.25, 0.3) is 0 Å². The van der Waals surface area contributed by atoms with Crippen molar-refractivity contribution in [2.75, 3.05) is 19.8 Å². The summed E-state index contributed by atoms with van der Waals surface area (Å²) in [5.74, 6) is -0.218. The first-order valence-electron chi connectivity index (χ1n) is 24.9. The van der Waals surface area contributed by atoms with Gasteiger partial charge >= 0.3 is 0 Å². The molecule has 0 saturated carbocycles. The number of unbranched alkanes of at least 4 members (excludes halogenated alkanes) is 23. The SMILES string of the molecule is CCCCCCCCCC/C=C\CCCCCCCCCCCCCCCC(=O)NC(COC1OC(CO)C(OC2OC(CO)C(O)C(O)C2O)C(O)C1O)C(O)CCCCC. The molecular formula is C48H91NO13. The van der Waals surface area contributed by atoms with Crippen LogP contribution in [0.5, 0.6) is 0 Å². The van der Waals surface area contributed by atoms with Crippen molar-refractivity contribution in [2.45, 2.75) is 267 Å². The van der Waals surface area contributed by atoms with Crippen LogP contribution in [0, 0.1) is 0 Å². The van der Waals surface area contributed by atoms with Crippen molar-refractivity contribution in [3.63, 3.8) is 0 Å². The molecule has 2 rings (SSSR count). The first-order valence-corrected chi connectivity index (χ1v) is 24.9. The first-order chi connectivity index (χ1) is 30.1. The van der Waals surface area contributed by atoms with Gasteiger partial charge in [-0.1, -0.05) is 161 Å². The molecule has 14 heteroatoms. The van der Waals surface area contributed by atoms with Gasteiger partial charge < -0.3 is 65.1 Å². The van der Waals surface area contributed by atoms with Crippen LogP contribution in [0.2, 0.25) is 0 Å². The molecule has 12 unspecified atom stereocenters. The van der Waals surface area contributed by atoms with Crippen LogP contribution in [0.3, 0.4) is 0 Å². The lowest BCUT2D eigenvalue weighted by atomic mass is 9.97. The zero-order valence-electron chi connectivity index (χ0n) is 38.6. The highest BCUT2D eigenvalue weighted by atomic mass is 16.7. The molecule has 0 aromatic rings. The number of carbonyl (C=O) groups excluding carboxylic acids is 1. The number of aliphatic hydroxyl groups is 8. The average molecular weight is 890 g/mol. The number of amides is 1. The Kier molecular flexibility index (Phi) is 32.9. The quantitative estimate of drug-likeness (QED) is 0.0257. The van der Waals surface area contributed by atoms with Crippen LogP contribution in [0.25, 0.3) is 0 Å². The molecule has 2 heterocycles. The van der Waals surface area contributed by atoms with Gasteiger partial charge in [-0.3, -0.25) is 4.79 Å². The topological polar surface area (TPSA) is 228 Å². The third-order valence-electron chi connectivity index (χ3n) is 12.5. The Labute approximate surface area is 374 Å². The second-order valence-electron chi connectivity index (χ2n) is 17.9. The number of hydrogen-bond donors (Lipinski definition) is 9. The fraction of sp³-hybridized carbons (Fsp3) is 0.938. The fourth-order valence-electron chi connectivity index (χ4n) is 8.35. The molecule has 62 heavy (non-hydrogen) atoms. The average Bonchev–Trinajstić information content (AvgIpc) is 3.27. The Morgan fingerprint density at radius 3 is 1.53 bits per heavy atom. The summed E-state index contributed by atoms with van der Waals surface area (Å²) in [6.45, 7) is 2.67. The van der Waals surface area contributed by atoms with Gasteiger partial charge in [0.2, 0.25) is 5.91 Å². The zero-order valence-corrected chi connectivity index (χ0v) is 38.6. The van der Waals surface area contributed by atoms with Gasteiger partial charge in [0.15, 0.2) is 12.6 Å². The van der Waals surface area contributed by atoms with Crippen LogP contribution in [0.15, 0.2) is 12.2 Å². The second-order valence-corrected chi connectivity index (χ2v) is 17.9. The molecule has 9 N–H and O–H groups in total. The molecule has 2 aliphatic heterocycles. The minimum atomic E-state index is -1.78. The predicted molar refractivity (Wildman–Crippen MR) is 240 cm³/mol. The van der Waals surface area contributed by atoms with E-state index in [-0.39, 0.29) is 12.5 Å². The normalized spacial score (nSPS) is 27.8. The van der Waals surface area contributed by atoms with E-state index in [1.54, 1.807) is 0 Å². The number of rotatable bonds is 38. The highest BCUT2D eigenvalue weighted by Gasteiger charge is 2.51. The Bertz CT molecular complexity index is 1100. The molecule has 0 spiro atoms. The number of ether oxygens (including phenoxy) is 4. The van der Waals surface area contributed by atoms with Gasteiger partial charge in [0.05, 0.1) is 32.0 Å². The lowest BCUT2D eigenvalue weighted by Crippen LogP contribution is -2.65. The Hall–Kier alpha value is -1.27. The maximum atomic E-state index is 13.0. The van der Waals surface area contributed by atoms with Crippen LogP contribution in [-0.4, -0.2) is 140 Å². The molecular weight excluding hydrogens is 799 g/mol. The van der Waals surface area contributed by atoms with Gasteiger partial charge in [-0.25, -0.2) is 0 Å². The number of hydrogen-bond acceptors (Lipinski definition) is 13. The van der Waals surface area contributed by atoms with Crippen LogP contribution < -0.4 is 5.32 Å². The van der Waals surface area contributed by atoms with Gasteiger partial charge in [0, 0.05) is 6.42 Å². The molecule has 14 nitrogen and oxygen atoms in total. The molecule has 1 amide bonds. The number of aliphatic hydroxyl groups excluding tert-OH is 8. The Morgan fingerprint density at radius 2 is 1.02 bits per heavy atom. The lowest BCUT2D eigenvalue weighted by Gasteiger charge is -2.46. The van der Waals surface area contributed by atoms with Crippen LogP contribution in [0.4, 0.5) is 0 Å². The second kappa shape index (κ2) is 35.9. The van der Waals surface area contributed by atoms with Gasteiger partial charge in [-0.2, -0.15) is 0 Å². The van der Waals surface area contributed by atoms with Crippen LogP contribution in [0.1, 0.15) is 194 Å². The van der Waals surface area contributed by atoms with Gasteiger partial charge in [0.1, 0.15) is 48.8 Å². The number of allylic oxidation sites excluding steroid dienone is 2. The lowest BCUT2D eigenvalue weighted by molar-refractivity contribution is -0.359. The van der Waals surface area contributed by atoms with Crippen LogP contribution >= 0.6 is 0 Å². The van der Waals surface area contributed by atoms with E-state index in [0.717, 1.165) is 44.9 Å². The van der Waals surface area contributed by atoms with Crippen molar-refractivity contribution >= 4 is 5.91 Å². The zero-order chi connectivity index (χ0) is 45.4. The molecule has 0 aliphatic carbocycles. The van der Waals surface area contributed by atoms with E-state index >= 15 is 0 Å². The molecule has 2 saturated heterocycles. The van der Waals surface area contributed by atoms with E-state index in [1.807, 2.05) is 0 Å². The predicted octanol–water partition coefficient (Wildman–Crippen LogP) is 5.99. The van der Waals surface area contributed by atoms with Crippen molar-refractivity contribution in [3.05, 3.63) is 12.2 Å². The summed E-state index contributed by atoms with van der Waals surface area (Å²) < 4.78 is 22.5. The molecule has 0 bridgehead atoms.